The zero-order valence-corrected chi connectivity index (χ0v) is 12.2. The first-order valence-corrected chi connectivity index (χ1v) is 7.38. The van der Waals surface area contributed by atoms with E-state index in [0.717, 1.165) is 10.6 Å². The van der Waals surface area contributed by atoms with Crippen molar-refractivity contribution in [1.29, 1.82) is 0 Å². The lowest BCUT2D eigenvalue weighted by atomic mass is 10.2. The third kappa shape index (κ3) is 3.05. The molecule has 2 aromatic rings. The van der Waals surface area contributed by atoms with Gasteiger partial charge in [0.2, 0.25) is 6.10 Å². The first kappa shape index (κ1) is 13.6. The van der Waals surface area contributed by atoms with E-state index in [1.807, 2.05) is 42.6 Å². The summed E-state index contributed by atoms with van der Waals surface area (Å²) < 4.78 is 11.1. The average Bonchev–Trinajstić information content (AvgIpc) is 3.06. The highest BCUT2D eigenvalue weighted by atomic mass is 32.1. The number of fused-ring (bicyclic) bond motifs is 1. The van der Waals surface area contributed by atoms with Gasteiger partial charge in [-0.2, -0.15) is 5.10 Å². The Bertz CT molecular complexity index is 667. The zero-order valence-electron chi connectivity index (χ0n) is 11.4. The Morgan fingerprint density at radius 3 is 2.86 bits per heavy atom. The number of carbonyl (C=O) groups excluding carboxylic acids is 1. The molecule has 0 aliphatic carbocycles. The molecule has 0 unspecified atom stereocenters. The van der Waals surface area contributed by atoms with Crippen LogP contribution in [0.4, 0.5) is 0 Å². The Morgan fingerprint density at radius 1 is 1.29 bits per heavy atom. The van der Waals surface area contributed by atoms with E-state index in [-0.39, 0.29) is 12.5 Å². The zero-order chi connectivity index (χ0) is 14.7. The lowest BCUT2D eigenvalue weighted by molar-refractivity contribution is -0.130. The summed E-state index contributed by atoms with van der Waals surface area (Å²) in [5.74, 6) is 0.906. The van der Waals surface area contributed by atoms with Crippen LogP contribution in [0.25, 0.3) is 0 Å². The van der Waals surface area contributed by atoms with Crippen molar-refractivity contribution in [2.45, 2.75) is 13.0 Å². The van der Waals surface area contributed by atoms with E-state index in [1.54, 1.807) is 17.4 Å². The summed E-state index contributed by atoms with van der Waals surface area (Å²) >= 11 is 1.57. The van der Waals surface area contributed by atoms with Crippen LogP contribution in [0.1, 0.15) is 11.8 Å². The van der Waals surface area contributed by atoms with Gasteiger partial charge in [0.25, 0.3) is 5.91 Å². The van der Waals surface area contributed by atoms with E-state index in [1.165, 1.54) is 0 Å². The van der Waals surface area contributed by atoms with Gasteiger partial charge in [0.1, 0.15) is 6.61 Å². The van der Waals surface area contributed by atoms with Crippen LogP contribution in [0.5, 0.6) is 11.5 Å². The highest BCUT2D eigenvalue weighted by Gasteiger charge is 2.27. The highest BCUT2D eigenvalue weighted by molar-refractivity contribution is 7.12. The molecule has 1 aromatic heterocycles. The fourth-order valence-electron chi connectivity index (χ4n) is 1.90. The quantitative estimate of drug-likeness (QED) is 0.700. The Morgan fingerprint density at radius 2 is 2.10 bits per heavy atom. The van der Waals surface area contributed by atoms with Crippen molar-refractivity contribution in [3.05, 3.63) is 46.7 Å². The van der Waals surface area contributed by atoms with Crippen LogP contribution in [-0.4, -0.2) is 24.3 Å². The monoisotopic (exact) mass is 302 g/mol. The predicted octanol–water partition coefficient (Wildman–Crippen LogP) is 2.43. The molecule has 1 amide bonds. The second kappa shape index (κ2) is 5.97. The van der Waals surface area contributed by atoms with Gasteiger partial charge in [0, 0.05) is 4.88 Å². The van der Waals surface area contributed by atoms with Crippen molar-refractivity contribution in [2.24, 2.45) is 5.10 Å². The predicted molar refractivity (Wildman–Crippen MR) is 81.0 cm³/mol. The molecule has 3 rings (SSSR count). The molecule has 1 N–H and O–H groups in total. The van der Waals surface area contributed by atoms with E-state index >= 15 is 0 Å². The number of benzene rings is 1. The number of rotatable bonds is 3. The van der Waals surface area contributed by atoms with Crippen LogP contribution in [0.3, 0.4) is 0 Å². The number of nitrogens with one attached hydrogen (secondary N) is 1. The third-order valence-electron chi connectivity index (χ3n) is 3.01. The van der Waals surface area contributed by atoms with Crippen molar-refractivity contribution >= 4 is 23.0 Å². The minimum atomic E-state index is -0.695. The number of hydrogen-bond acceptors (Lipinski definition) is 5. The van der Waals surface area contributed by atoms with Gasteiger partial charge in [-0.05, 0) is 30.5 Å². The molecule has 0 spiro atoms. The Balaban J connectivity index is 1.63. The second-order valence-corrected chi connectivity index (χ2v) is 5.46. The fourth-order valence-corrected chi connectivity index (χ4v) is 2.58. The largest absolute Gasteiger partial charge is 0.485 e. The summed E-state index contributed by atoms with van der Waals surface area (Å²) in [6.07, 6.45) is -0.695. The van der Waals surface area contributed by atoms with Gasteiger partial charge < -0.3 is 9.47 Å². The van der Waals surface area contributed by atoms with Crippen LogP contribution in [-0.2, 0) is 4.79 Å². The number of thiophene rings is 1. The molecule has 5 nitrogen and oxygen atoms in total. The van der Waals surface area contributed by atoms with Crippen molar-refractivity contribution in [1.82, 2.24) is 5.43 Å². The van der Waals surface area contributed by atoms with Gasteiger partial charge in [-0.15, -0.1) is 11.3 Å². The molecule has 0 bridgehead atoms. The molecular weight excluding hydrogens is 288 g/mol. The molecule has 21 heavy (non-hydrogen) atoms. The first-order valence-electron chi connectivity index (χ1n) is 6.50. The SMILES string of the molecule is C/C(=N\NC(=O)[C@H]1COc2ccccc2O1)c1cccs1. The van der Waals surface area contributed by atoms with Crippen molar-refractivity contribution in [3.63, 3.8) is 0 Å². The maximum absolute atomic E-state index is 12.1. The van der Waals surface area contributed by atoms with Crippen molar-refractivity contribution in [3.8, 4) is 11.5 Å². The van der Waals surface area contributed by atoms with E-state index in [4.69, 9.17) is 9.47 Å². The van der Waals surface area contributed by atoms with Crippen LogP contribution in [0, 0.1) is 0 Å². The van der Waals surface area contributed by atoms with Crippen LogP contribution in [0.15, 0.2) is 46.9 Å². The lowest BCUT2D eigenvalue weighted by Crippen LogP contribution is -2.42. The second-order valence-electron chi connectivity index (χ2n) is 4.51. The number of nitrogens with zero attached hydrogens (tertiary/aromatic N) is 1. The molecule has 1 aliphatic heterocycles. The number of amides is 1. The summed E-state index contributed by atoms with van der Waals surface area (Å²) in [5.41, 5.74) is 3.28. The van der Waals surface area contributed by atoms with Gasteiger partial charge in [-0.1, -0.05) is 18.2 Å². The van der Waals surface area contributed by atoms with E-state index < -0.39 is 6.10 Å². The molecule has 0 saturated carbocycles. The molecule has 1 aromatic carbocycles. The van der Waals surface area contributed by atoms with E-state index in [0.29, 0.717) is 11.5 Å². The highest BCUT2D eigenvalue weighted by Crippen LogP contribution is 2.30. The minimum Gasteiger partial charge on any atom is -0.485 e. The number of hydrazone groups is 1. The van der Waals surface area contributed by atoms with Crippen LogP contribution in [0.2, 0.25) is 0 Å². The topological polar surface area (TPSA) is 59.9 Å². The summed E-state index contributed by atoms with van der Waals surface area (Å²) in [6, 6.07) is 11.2. The van der Waals surface area contributed by atoms with Gasteiger partial charge in [0.15, 0.2) is 11.5 Å². The van der Waals surface area contributed by atoms with Gasteiger partial charge in [0.05, 0.1) is 5.71 Å². The summed E-state index contributed by atoms with van der Waals surface area (Å²) in [4.78, 5) is 13.1. The maximum Gasteiger partial charge on any atom is 0.284 e. The number of carbonyl (C=O) groups is 1. The summed E-state index contributed by atoms with van der Waals surface area (Å²) in [5, 5.41) is 6.05. The molecule has 0 saturated heterocycles. The van der Waals surface area contributed by atoms with Gasteiger partial charge in [-0.25, -0.2) is 5.43 Å². The van der Waals surface area contributed by atoms with Crippen molar-refractivity contribution in [2.75, 3.05) is 6.61 Å². The Labute approximate surface area is 126 Å². The van der Waals surface area contributed by atoms with Gasteiger partial charge in [-0.3, -0.25) is 4.79 Å². The first-order chi connectivity index (χ1) is 10.2. The molecule has 0 fully saturated rings. The Hall–Kier alpha value is -2.34. The summed E-state index contributed by atoms with van der Waals surface area (Å²) in [6.45, 7) is 2.02. The minimum absolute atomic E-state index is 0.177. The molecule has 1 atom stereocenters. The third-order valence-corrected chi connectivity index (χ3v) is 3.99. The standard InChI is InChI=1S/C15H14N2O3S/c1-10(14-7-4-8-21-14)16-17-15(18)13-9-19-11-5-2-3-6-12(11)20-13/h2-8,13H,9H2,1H3,(H,17,18)/b16-10+/t13-/m1/s1. The molecule has 0 radical (unpaired) electrons. The van der Waals surface area contributed by atoms with Crippen LogP contribution < -0.4 is 14.9 Å². The molecule has 108 valence electrons. The summed E-state index contributed by atoms with van der Waals surface area (Å²) in [7, 11) is 0. The molecular formula is C15H14N2O3S. The Kier molecular flexibility index (Phi) is 3.87. The van der Waals surface area contributed by atoms with E-state index in [9.17, 15) is 4.79 Å². The molecule has 2 heterocycles. The smallest absolute Gasteiger partial charge is 0.284 e. The molecule has 6 heteroatoms. The average molecular weight is 302 g/mol. The van der Waals surface area contributed by atoms with Crippen molar-refractivity contribution < 1.29 is 14.3 Å². The van der Waals surface area contributed by atoms with E-state index in [2.05, 4.69) is 10.5 Å². The number of ether oxygens (including phenoxy) is 2. The normalized spacial score (nSPS) is 17.4. The van der Waals surface area contributed by atoms with Gasteiger partial charge >= 0.3 is 0 Å². The lowest BCUT2D eigenvalue weighted by Gasteiger charge is -2.24. The number of para-hydroxylation sites is 2. The number of hydrogen-bond donors (Lipinski definition) is 1. The fraction of sp³-hybridized carbons (Fsp3) is 0.200. The molecule has 1 aliphatic rings. The maximum atomic E-state index is 12.1. The van der Waals surface area contributed by atoms with Crippen LogP contribution >= 0.6 is 11.3 Å².